The van der Waals surface area contributed by atoms with Gasteiger partial charge in [0.25, 0.3) is 0 Å². The highest BCUT2D eigenvalue weighted by Crippen LogP contribution is 2.32. The van der Waals surface area contributed by atoms with Crippen LogP contribution in [0.2, 0.25) is 0 Å². The van der Waals surface area contributed by atoms with Crippen LogP contribution < -0.4 is 10.1 Å². The van der Waals surface area contributed by atoms with Crippen molar-refractivity contribution in [2.45, 2.75) is 32.9 Å². The molecule has 0 aliphatic rings. The lowest BCUT2D eigenvalue weighted by Crippen LogP contribution is -2.12. The molecule has 1 unspecified atom stereocenters. The van der Waals surface area contributed by atoms with E-state index >= 15 is 0 Å². The third kappa shape index (κ3) is 3.41. The van der Waals surface area contributed by atoms with Gasteiger partial charge in [-0.15, -0.1) is 0 Å². The van der Waals surface area contributed by atoms with Crippen LogP contribution in [0, 0.1) is 0 Å². The van der Waals surface area contributed by atoms with E-state index in [9.17, 15) is 0 Å². The SMILES string of the molecule is CNC(C)c1ccc(Oc2cnn(C(C)C)c2)c(Br)c1. The molecule has 0 radical (unpaired) electrons. The molecule has 0 spiro atoms. The molecular formula is C15H20BrN3O. The molecule has 5 heteroatoms. The minimum atomic E-state index is 0.309. The van der Waals surface area contributed by atoms with Gasteiger partial charge < -0.3 is 10.1 Å². The fraction of sp³-hybridized carbons (Fsp3) is 0.400. The van der Waals surface area contributed by atoms with Crippen LogP contribution >= 0.6 is 15.9 Å². The van der Waals surface area contributed by atoms with E-state index in [1.807, 2.05) is 24.0 Å². The summed E-state index contributed by atoms with van der Waals surface area (Å²) in [6, 6.07) is 6.75. The number of ether oxygens (including phenoxy) is 1. The van der Waals surface area contributed by atoms with Gasteiger partial charge in [-0.3, -0.25) is 4.68 Å². The molecular weight excluding hydrogens is 318 g/mol. The van der Waals surface area contributed by atoms with Crippen molar-refractivity contribution >= 4 is 15.9 Å². The Bertz CT molecular complexity index is 580. The summed E-state index contributed by atoms with van der Waals surface area (Å²) in [5, 5.41) is 7.49. The van der Waals surface area contributed by atoms with Crippen LogP contribution in [0.1, 0.15) is 38.4 Å². The zero-order valence-electron chi connectivity index (χ0n) is 12.2. The Hall–Kier alpha value is -1.33. The number of aromatic nitrogens is 2. The van der Waals surface area contributed by atoms with Gasteiger partial charge in [0.15, 0.2) is 5.75 Å². The van der Waals surface area contributed by atoms with E-state index in [0.29, 0.717) is 12.1 Å². The second kappa shape index (κ2) is 6.41. The molecule has 2 rings (SSSR count). The van der Waals surface area contributed by atoms with Crippen molar-refractivity contribution < 1.29 is 4.74 Å². The highest BCUT2D eigenvalue weighted by molar-refractivity contribution is 9.10. The zero-order chi connectivity index (χ0) is 14.7. The van der Waals surface area contributed by atoms with Gasteiger partial charge in [-0.1, -0.05) is 6.07 Å². The van der Waals surface area contributed by atoms with Gasteiger partial charge in [0.2, 0.25) is 0 Å². The minimum absolute atomic E-state index is 0.309. The van der Waals surface area contributed by atoms with Gasteiger partial charge in [-0.2, -0.15) is 5.10 Å². The molecule has 0 saturated carbocycles. The Kier molecular flexibility index (Phi) is 4.83. The molecule has 1 aromatic carbocycles. The molecule has 4 nitrogen and oxygen atoms in total. The van der Waals surface area contributed by atoms with Crippen LogP contribution in [0.4, 0.5) is 0 Å². The maximum atomic E-state index is 5.86. The number of hydrogen-bond donors (Lipinski definition) is 1. The van der Waals surface area contributed by atoms with Crippen molar-refractivity contribution in [1.29, 1.82) is 0 Å². The summed E-state index contributed by atoms with van der Waals surface area (Å²) in [4.78, 5) is 0. The lowest BCUT2D eigenvalue weighted by Gasteiger charge is -2.13. The number of benzene rings is 1. The van der Waals surface area contributed by atoms with Crippen molar-refractivity contribution in [1.82, 2.24) is 15.1 Å². The van der Waals surface area contributed by atoms with E-state index in [0.717, 1.165) is 16.0 Å². The van der Waals surface area contributed by atoms with E-state index < -0.39 is 0 Å². The molecule has 0 aliphatic heterocycles. The molecule has 1 heterocycles. The lowest BCUT2D eigenvalue weighted by molar-refractivity contribution is 0.473. The topological polar surface area (TPSA) is 39.1 Å². The van der Waals surface area contributed by atoms with Crippen molar-refractivity contribution in [3.8, 4) is 11.5 Å². The molecule has 0 saturated heterocycles. The van der Waals surface area contributed by atoms with E-state index in [1.165, 1.54) is 5.56 Å². The van der Waals surface area contributed by atoms with Gasteiger partial charge in [-0.05, 0) is 61.4 Å². The van der Waals surface area contributed by atoms with Crippen LogP contribution in [0.25, 0.3) is 0 Å². The third-order valence-corrected chi connectivity index (χ3v) is 3.84. The average Bonchev–Trinajstić information content (AvgIpc) is 2.89. The number of halogens is 1. The third-order valence-electron chi connectivity index (χ3n) is 3.22. The first-order chi connectivity index (χ1) is 9.51. The molecule has 1 N–H and O–H groups in total. The summed E-state index contributed by atoms with van der Waals surface area (Å²) >= 11 is 3.56. The molecule has 0 aliphatic carbocycles. The zero-order valence-corrected chi connectivity index (χ0v) is 13.8. The maximum absolute atomic E-state index is 5.86. The first kappa shape index (κ1) is 15.1. The molecule has 2 aromatic rings. The van der Waals surface area contributed by atoms with Crippen LogP contribution in [-0.2, 0) is 0 Å². The van der Waals surface area contributed by atoms with E-state index in [4.69, 9.17) is 4.74 Å². The summed E-state index contributed by atoms with van der Waals surface area (Å²) in [6.07, 6.45) is 3.64. The van der Waals surface area contributed by atoms with Crippen molar-refractivity contribution in [3.05, 3.63) is 40.6 Å². The largest absolute Gasteiger partial charge is 0.453 e. The lowest BCUT2D eigenvalue weighted by atomic mass is 10.1. The molecule has 108 valence electrons. The molecule has 1 aromatic heterocycles. The van der Waals surface area contributed by atoms with Gasteiger partial charge in [-0.25, -0.2) is 0 Å². The van der Waals surface area contributed by atoms with Crippen molar-refractivity contribution in [3.63, 3.8) is 0 Å². The molecule has 0 bridgehead atoms. The summed E-state index contributed by atoms with van der Waals surface area (Å²) in [7, 11) is 1.95. The fourth-order valence-electron chi connectivity index (χ4n) is 1.82. The maximum Gasteiger partial charge on any atom is 0.165 e. The Morgan fingerprint density at radius 1 is 1.30 bits per heavy atom. The summed E-state index contributed by atoms with van der Waals surface area (Å²) in [6.45, 7) is 6.29. The van der Waals surface area contributed by atoms with Crippen LogP contribution in [-0.4, -0.2) is 16.8 Å². The van der Waals surface area contributed by atoms with Crippen LogP contribution in [0.5, 0.6) is 11.5 Å². The standard InChI is InChI=1S/C15H20BrN3O/c1-10(2)19-9-13(8-18-19)20-15-6-5-12(7-14(15)16)11(3)17-4/h5-11,17H,1-4H3. The normalized spacial score (nSPS) is 12.7. The monoisotopic (exact) mass is 337 g/mol. The van der Waals surface area contributed by atoms with E-state index in [-0.39, 0.29) is 0 Å². The van der Waals surface area contributed by atoms with Gasteiger partial charge >= 0.3 is 0 Å². The summed E-state index contributed by atoms with van der Waals surface area (Å²) in [5.41, 5.74) is 1.21. The second-order valence-corrected chi connectivity index (χ2v) is 5.91. The van der Waals surface area contributed by atoms with Gasteiger partial charge in [0, 0.05) is 12.1 Å². The Balaban J connectivity index is 2.16. The number of hydrogen-bond acceptors (Lipinski definition) is 3. The second-order valence-electron chi connectivity index (χ2n) is 5.05. The van der Waals surface area contributed by atoms with Gasteiger partial charge in [0.1, 0.15) is 5.75 Å². The predicted octanol–water partition coefficient (Wildman–Crippen LogP) is 4.30. The highest BCUT2D eigenvalue weighted by Gasteiger charge is 2.09. The molecule has 0 amide bonds. The first-order valence-electron chi connectivity index (χ1n) is 6.70. The smallest absolute Gasteiger partial charge is 0.165 e. The summed E-state index contributed by atoms with van der Waals surface area (Å²) in [5.74, 6) is 1.54. The van der Waals surface area contributed by atoms with E-state index in [2.05, 4.69) is 59.2 Å². The Morgan fingerprint density at radius 2 is 2.05 bits per heavy atom. The Labute approximate surface area is 128 Å². The number of rotatable bonds is 5. The first-order valence-corrected chi connectivity index (χ1v) is 7.49. The van der Waals surface area contributed by atoms with Crippen molar-refractivity contribution in [2.75, 3.05) is 7.05 Å². The quantitative estimate of drug-likeness (QED) is 0.883. The Morgan fingerprint density at radius 3 is 2.60 bits per heavy atom. The van der Waals surface area contributed by atoms with Gasteiger partial charge in [0.05, 0.1) is 16.9 Å². The van der Waals surface area contributed by atoms with Crippen LogP contribution in [0.15, 0.2) is 35.1 Å². The minimum Gasteiger partial charge on any atom is -0.453 e. The van der Waals surface area contributed by atoms with Crippen LogP contribution in [0.3, 0.4) is 0 Å². The van der Waals surface area contributed by atoms with Crippen molar-refractivity contribution in [2.24, 2.45) is 0 Å². The summed E-state index contributed by atoms with van der Waals surface area (Å²) < 4.78 is 8.67. The molecule has 1 atom stereocenters. The average molecular weight is 338 g/mol. The predicted molar refractivity (Wildman–Crippen MR) is 84.3 cm³/mol. The van der Waals surface area contributed by atoms with E-state index in [1.54, 1.807) is 6.20 Å². The fourth-order valence-corrected chi connectivity index (χ4v) is 2.30. The highest BCUT2D eigenvalue weighted by atomic mass is 79.9. The molecule has 0 fully saturated rings. The molecule has 20 heavy (non-hydrogen) atoms. The number of nitrogens with one attached hydrogen (secondary N) is 1. The number of nitrogens with zero attached hydrogens (tertiary/aromatic N) is 2.